The average Bonchev–Trinajstić information content (AvgIpc) is 3.32. The number of aliphatic hydroxyl groups is 7. The third-order valence-corrected chi connectivity index (χ3v) is 12.0. The second kappa shape index (κ2) is 39.2. The average molecular weight is 955 g/mol. The van der Waals surface area contributed by atoms with Crippen molar-refractivity contribution >= 4 is 11.9 Å². The lowest BCUT2D eigenvalue weighted by Gasteiger charge is -2.42. The molecule has 0 amide bonds. The van der Waals surface area contributed by atoms with Crippen molar-refractivity contribution < 1.29 is 73.8 Å². The maximum atomic E-state index is 13.0. The predicted molar refractivity (Wildman–Crippen MR) is 257 cm³/mol. The van der Waals surface area contributed by atoms with Crippen LogP contribution in [0.5, 0.6) is 0 Å². The fourth-order valence-corrected chi connectivity index (χ4v) is 7.73. The highest BCUT2D eigenvalue weighted by molar-refractivity contribution is 5.70. The molecule has 388 valence electrons. The van der Waals surface area contributed by atoms with Crippen molar-refractivity contribution in [1.82, 2.24) is 0 Å². The molecular formula is C52H90O15. The van der Waals surface area contributed by atoms with E-state index in [1.807, 2.05) is 0 Å². The van der Waals surface area contributed by atoms with E-state index in [0.29, 0.717) is 12.8 Å². The molecule has 2 fully saturated rings. The number of carbonyl (C=O) groups excluding carboxylic acids is 2. The van der Waals surface area contributed by atoms with E-state index in [1.165, 1.54) is 32.1 Å². The van der Waals surface area contributed by atoms with Crippen LogP contribution in [0.4, 0.5) is 0 Å². The molecular weight excluding hydrogens is 865 g/mol. The Morgan fingerprint density at radius 3 is 1.43 bits per heavy atom. The number of hydrogen-bond acceptors (Lipinski definition) is 15. The molecule has 0 aromatic carbocycles. The fourth-order valence-electron chi connectivity index (χ4n) is 7.73. The Morgan fingerprint density at radius 1 is 0.478 bits per heavy atom. The van der Waals surface area contributed by atoms with Gasteiger partial charge in [-0.2, -0.15) is 0 Å². The van der Waals surface area contributed by atoms with E-state index in [1.54, 1.807) is 0 Å². The third kappa shape index (κ3) is 27.4. The number of aliphatic hydroxyl groups excluding tert-OH is 7. The summed E-state index contributed by atoms with van der Waals surface area (Å²) in [7, 11) is 0. The van der Waals surface area contributed by atoms with Gasteiger partial charge in [0, 0.05) is 12.8 Å². The molecule has 2 rings (SSSR count). The third-order valence-electron chi connectivity index (χ3n) is 12.0. The Morgan fingerprint density at radius 2 is 0.910 bits per heavy atom. The lowest BCUT2D eigenvalue weighted by Crippen LogP contribution is -2.61. The SMILES string of the molecule is CCCC/C=C\C/C=C\CCCCCCCC(=O)OCC(COC1OC(COC2OC(CO)C(O)C(O)C2O)C(O)C(O)C1O)OC(=O)CCCCCCCCC/C=C\C/C=C\CCCCC. The monoisotopic (exact) mass is 955 g/mol. The van der Waals surface area contributed by atoms with Gasteiger partial charge in [-0.3, -0.25) is 9.59 Å². The quantitative estimate of drug-likeness (QED) is 0.0185. The van der Waals surface area contributed by atoms with Crippen LogP contribution in [0.2, 0.25) is 0 Å². The summed E-state index contributed by atoms with van der Waals surface area (Å²) in [6.45, 7) is 2.49. The molecule has 2 aliphatic heterocycles. The highest BCUT2D eigenvalue weighted by atomic mass is 16.7. The first-order chi connectivity index (χ1) is 32.5. The first-order valence-corrected chi connectivity index (χ1v) is 25.7. The van der Waals surface area contributed by atoms with Crippen LogP contribution in [-0.2, 0) is 38.0 Å². The van der Waals surface area contributed by atoms with Gasteiger partial charge >= 0.3 is 11.9 Å². The van der Waals surface area contributed by atoms with Crippen LogP contribution in [0.15, 0.2) is 48.6 Å². The van der Waals surface area contributed by atoms with Crippen LogP contribution in [0.3, 0.4) is 0 Å². The molecule has 2 heterocycles. The molecule has 2 saturated heterocycles. The minimum Gasteiger partial charge on any atom is -0.462 e. The molecule has 2 aliphatic rings. The Kier molecular flexibility index (Phi) is 35.5. The molecule has 0 saturated carbocycles. The summed E-state index contributed by atoms with van der Waals surface area (Å²) in [4.78, 5) is 25.7. The molecule has 0 aliphatic carbocycles. The van der Waals surface area contributed by atoms with Gasteiger partial charge in [0.15, 0.2) is 18.7 Å². The van der Waals surface area contributed by atoms with Crippen LogP contribution in [0.25, 0.3) is 0 Å². The fraction of sp³-hybridized carbons (Fsp3) is 0.808. The first kappa shape index (κ1) is 60.6. The van der Waals surface area contributed by atoms with Crippen LogP contribution >= 0.6 is 0 Å². The van der Waals surface area contributed by atoms with Gasteiger partial charge in [0.05, 0.1) is 19.8 Å². The molecule has 15 nitrogen and oxygen atoms in total. The number of ether oxygens (including phenoxy) is 6. The van der Waals surface area contributed by atoms with Gasteiger partial charge < -0.3 is 64.2 Å². The van der Waals surface area contributed by atoms with Crippen molar-refractivity contribution in [1.29, 1.82) is 0 Å². The molecule has 0 aromatic heterocycles. The van der Waals surface area contributed by atoms with Crippen LogP contribution in [0.1, 0.15) is 174 Å². The molecule has 0 bridgehead atoms. The van der Waals surface area contributed by atoms with Gasteiger partial charge in [0.25, 0.3) is 0 Å². The van der Waals surface area contributed by atoms with Crippen molar-refractivity contribution in [3.8, 4) is 0 Å². The predicted octanol–water partition coefficient (Wildman–Crippen LogP) is 7.10. The van der Waals surface area contributed by atoms with E-state index in [2.05, 4.69) is 62.5 Å². The van der Waals surface area contributed by atoms with Crippen molar-refractivity contribution in [3.63, 3.8) is 0 Å². The minimum absolute atomic E-state index is 0.152. The summed E-state index contributed by atoms with van der Waals surface area (Å²) in [6, 6.07) is 0. The number of allylic oxidation sites excluding steroid dienone is 8. The van der Waals surface area contributed by atoms with E-state index in [-0.39, 0.29) is 19.4 Å². The smallest absolute Gasteiger partial charge is 0.306 e. The summed E-state index contributed by atoms with van der Waals surface area (Å²) in [5.41, 5.74) is 0. The second-order valence-electron chi connectivity index (χ2n) is 18.0. The van der Waals surface area contributed by atoms with Crippen LogP contribution in [0, 0.1) is 0 Å². The molecule has 0 aromatic rings. The Labute approximate surface area is 401 Å². The standard InChI is InChI=1S/C52H90O15/c1-3-5-7-9-11-13-15-17-19-20-21-23-25-27-29-31-33-35-44(55)65-40(37-62-43(54)34-32-30-28-26-24-22-18-16-14-12-10-8-6-4-2)38-63-51-50(61)48(59)46(57)42(67-51)39-64-52-49(60)47(58)45(56)41(36-53)66-52/h10-13,16-19,40-42,45-53,56-61H,3-9,14-15,20-39H2,1-2H3/b12-10-,13-11-,18-16-,19-17-. The summed E-state index contributed by atoms with van der Waals surface area (Å²) >= 11 is 0. The maximum absolute atomic E-state index is 13.0. The Bertz CT molecular complexity index is 1350. The van der Waals surface area contributed by atoms with Gasteiger partial charge in [-0.15, -0.1) is 0 Å². The van der Waals surface area contributed by atoms with E-state index < -0.39 is 99.3 Å². The van der Waals surface area contributed by atoms with E-state index in [9.17, 15) is 45.3 Å². The molecule has 7 N–H and O–H groups in total. The summed E-state index contributed by atoms with van der Waals surface area (Å²) in [6.07, 6.45) is 25.6. The summed E-state index contributed by atoms with van der Waals surface area (Å²) in [5.74, 6) is -0.952. The van der Waals surface area contributed by atoms with E-state index in [4.69, 9.17) is 28.4 Å². The van der Waals surface area contributed by atoms with E-state index in [0.717, 1.165) is 103 Å². The summed E-state index contributed by atoms with van der Waals surface area (Å²) < 4.78 is 33.5. The first-order valence-electron chi connectivity index (χ1n) is 25.7. The normalized spacial score (nSPS) is 26.3. The summed E-state index contributed by atoms with van der Waals surface area (Å²) in [5, 5.41) is 72.1. The highest BCUT2D eigenvalue weighted by Gasteiger charge is 2.47. The Hall–Kier alpha value is -2.54. The van der Waals surface area contributed by atoms with Crippen molar-refractivity contribution in [2.24, 2.45) is 0 Å². The zero-order valence-corrected chi connectivity index (χ0v) is 40.9. The van der Waals surface area contributed by atoms with Gasteiger partial charge in [-0.25, -0.2) is 0 Å². The van der Waals surface area contributed by atoms with Crippen LogP contribution < -0.4 is 0 Å². The minimum atomic E-state index is -1.77. The lowest BCUT2D eigenvalue weighted by molar-refractivity contribution is -0.332. The molecule has 67 heavy (non-hydrogen) atoms. The van der Waals surface area contributed by atoms with Crippen molar-refractivity contribution in [2.45, 2.75) is 242 Å². The van der Waals surface area contributed by atoms with Gasteiger partial charge in [-0.1, -0.05) is 140 Å². The molecule has 11 atom stereocenters. The number of carbonyl (C=O) groups is 2. The molecule has 11 unspecified atom stereocenters. The number of unbranched alkanes of at least 4 members (excludes halogenated alkanes) is 17. The van der Waals surface area contributed by atoms with Gasteiger partial charge in [0.1, 0.15) is 55.4 Å². The van der Waals surface area contributed by atoms with Gasteiger partial charge in [-0.05, 0) is 70.6 Å². The largest absolute Gasteiger partial charge is 0.462 e. The molecule has 0 radical (unpaired) electrons. The zero-order chi connectivity index (χ0) is 48.9. The zero-order valence-electron chi connectivity index (χ0n) is 40.9. The Balaban J connectivity index is 1.82. The number of rotatable bonds is 39. The molecule has 15 heteroatoms. The number of hydrogen-bond donors (Lipinski definition) is 7. The topological polar surface area (TPSA) is 231 Å². The molecule has 0 spiro atoms. The van der Waals surface area contributed by atoms with Crippen molar-refractivity contribution in [3.05, 3.63) is 48.6 Å². The lowest BCUT2D eigenvalue weighted by atomic mass is 9.98. The highest BCUT2D eigenvalue weighted by Crippen LogP contribution is 2.26. The van der Waals surface area contributed by atoms with E-state index >= 15 is 0 Å². The van der Waals surface area contributed by atoms with Gasteiger partial charge in [0.2, 0.25) is 0 Å². The van der Waals surface area contributed by atoms with Crippen molar-refractivity contribution in [2.75, 3.05) is 26.4 Å². The number of esters is 2. The maximum Gasteiger partial charge on any atom is 0.306 e. The second-order valence-corrected chi connectivity index (χ2v) is 18.0. The van der Waals surface area contributed by atoms with Crippen LogP contribution in [-0.4, -0.2) is 142 Å².